The van der Waals surface area contributed by atoms with Crippen LogP contribution >= 0.6 is 11.6 Å². The maximum Gasteiger partial charge on any atom is 0.341 e. The largest absolute Gasteiger partial charge is 0.480 e. The molecule has 0 radical (unpaired) electrons. The highest BCUT2D eigenvalue weighted by Crippen LogP contribution is 2.28. The lowest BCUT2D eigenvalue weighted by Crippen LogP contribution is -2.25. The average Bonchev–Trinajstić information content (AvgIpc) is 2.66. The summed E-state index contributed by atoms with van der Waals surface area (Å²) in [4.78, 5) is 14.9. The number of hydrogen-bond acceptors (Lipinski definition) is 7. The first kappa shape index (κ1) is 22.9. The third-order valence-electron chi connectivity index (χ3n) is 3.56. The van der Waals surface area contributed by atoms with Crippen LogP contribution in [0.3, 0.4) is 0 Å². The molecule has 0 atom stereocenters. The Bertz CT molecular complexity index is 1100. The van der Waals surface area contributed by atoms with Gasteiger partial charge in [-0.05, 0) is 42.5 Å². The third kappa shape index (κ3) is 5.58. The summed E-state index contributed by atoms with van der Waals surface area (Å²) in [6, 6.07) is 8.53. The Labute approximate surface area is 172 Å². The van der Waals surface area contributed by atoms with E-state index in [4.69, 9.17) is 21.4 Å². The van der Waals surface area contributed by atoms with E-state index in [1.807, 2.05) is 0 Å². The van der Waals surface area contributed by atoms with Crippen LogP contribution in [0, 0.1) is 0 Å². The Balaban J connectivity index is 2.21. The zero-order valence-electron chi connectivity index (χ0n) is 15.2. The number of sulfonamides is 2. The molecule has 158 valence electrons. The van der Waals surface area contributed by atoms with Gasteiger partial charge in [-0.15, -0.1) is 0 Å². The van der Waals surface area contributed by atoms with Gasteiger partial charge in [-0.2, -0.15) is 0 Å². The molecule has 29 heavy (non-hydrogen) atoms. The van der Waals surface area contributed by atoms with Crippen LogP contribution in [0.15, 0.2) is 52.3 Å². The summed E-state index contributed by atoms with van der Waals surface area (Å²) >= 11 is 5.94. The van der Waals surface area contributed by atoms with E-state index in [9.17, 15) is 21.6 Å². The number of carbonyl (C=O) groups is 1. The van der Waals surface area contributed by atoms with Crippen molar-refractivity contribution in [2.24, 2.45) is 0 Å². The fraction of sp³-hybridized carbons (Fsp3) is 0.188. The molecule has 0 unspecified atom stereocenters. The van der Waals surface area contributed by atoms with Crippen LogP contribution in [0.2, 0.25) is 5.02 Å². The van der Waals surface area contributed by atoms with Gasteiger partial charge in [0.1, 0.15) is 5.75 Å². The van der Waals surface area contributed by atoms with Crippen molar-refractivity contribution in [2.75, 3.05) is 25.5 Å². The van der Waals surface area contributed by atoms with E-state index in [0.29, 0.717) is 4.47 Å². The summed E-state index contributed by atoms with van der Waals surface area (Å²) < 4.78 is 57.2. The quantitative estimate of drug-likeness (QED) is 0.535. The monoisotopic (exact) mass is 464 g/mol. The predicted octanol–water partition coefficient (Wildman–Crippen LogP) is 1.79. The number of hydrogen-bond donors (Lipinski definition) is 2. The van der Waals surface area contributed by atoms with Crippen molar-refractivity contribution in [1.29, 1.82) is 0 Å². The molecule has 0 aliphatic rings. The van der Waals surface area contributed by atoms with Gasteiger partial charge < -0.3 is 9.84 Å². The first-order valence-corrected chi connectivity index (χ1v) is 11.1. The maximum absolute atomic E-state index is 12.5. The molecule has 0 bridgehead atoms. The molecule has 0 saturated heterocycles. The van der Waals surface area contributed by atoms with E-state index in [-0.39, 0.29) is 26.3 Å². The minimum Gasteiger partial charge on any atom is -0.480 e. The number of rotatable bonds is 9. The standard InChI is InChI=1S/C16H17ClN2O8S2/c1-19(26-2)29(24,25)12-5-3-11(4-6-12)18-28(22,23)13-7-8-15(14(17)9-13)27-10-16(20)21/h3-9,18H,10H2,1-2H3,(H,20,21). The van der Waals surface area contributed by atoms with Crippen LogP contribution in [-0.4, -0.2) is 53.1 Å². The molecule has 10 nitrogen and oxygen atoms in total. The number of anilines is 1. The highest BCUT2D eigenvalue weighted by molar-refractivity contribution is 7.92. The smallest absolute Gasteiger partial charge is 0.341 e. The minimum atomic E-state index is -4.04. The van der Waals surface area contributed by atoms with Gasteiger partial charge in [0.05, 0.1) is 21.9 Å². The molecular formula is C16H17ClN2O8S2. The van der Waals surface area contributed by atoms with Crippen molar-refractivity contribution >= 4 is 43.3 Å². The number of hydroxylamine groups is 1. The van der Waals surface area contributed by atoms with E-state index >= 15 is 0 Å². The molecular weight excluding hydrogens is 448 g/mol. The van der Waals surface area contributed by atoms with Gasteiger partial charge in [-0.3, -0.25) is 9.56 Å². The summed E-state index contributed by atoms with van der Waals surface area (Å²) in [6.07, 6.45) is 0. The van der Waals surface area contributed by atoms with E-state index in [2.05, 4.69) is 9.56 Å². The third-order valence-corrected chi connectivity index (χ3v) is 6.93. The molecule has 0 saturated carbocycles. The van der Waals surface area contributed by atoms with Crippen LogP contribution in [0.1, 0.15) is 0 Å². The fourth-order valence-electron chi connectivity index (χ4n) is 2.06. The molecule has 0 aliphatic carbocycles. The molecule has 2 rings (SSSR count). The van der Waals surface area contributed by atoms with Crippen LogP contribution in [-0.2, 0) is 29.7 Å². The predicted molar refractivity (Wildman–Crippen MR) is 104 cm³/mol. The van der Waals surface area contributed by atoms with Gasteiger partial charge in [0, 0.05) is 12.7 Å². The van der Waals surface area contributed by atoms with Crippen molar-refractivity contribution in [2.45, 2.75) is 9.79 Å². The Hall–Kier alpha value is -2.38. The Morgan fingerprint density at radius 3 is 2.21 bits per heavy atom. The average molecular weight is 465 g/mol. The zero-order valence-corrected chi connectivity index (χ0v) is 17.6. The first-order valence-electron chi connectivity index (χ1n) is 7.77. The van der Waals surface area contributed by atoms with Gasteiger partial charge in [-0.1, -0.05) is 16.1 Å². The van der Waals surface area contributed by atoms with Crippen molar-refractivity contribution in [3.8, 4) is 5.75 Å². The maximum atomic E-state index is 12.5. The molecule has 0 aromatic heterocycles. The minimum absolute atomic E-state index is 0.0184. The molecule has 0 spiro atoms. The van der Waals surface area contributed by atoms with Gasteiger partial charge in [0.25, 0.3) is 20.0 Å². The number of aliphatic carboxylic acids is 1. The lowest BCUT2D eigenvalue weighted by atomic mass is 10.3. The van der Waals surface area contributed by atoms with Crippen molar-refractivity contribution in [1.82, 2.24) is 4.47 Å². The van der Waals surface area contributed by atoms with Crippen LogP contribution < -0.4 is 9.46 Å². The highest BCUT2D eigenvalue weighted by atomic mass is 35.5. The van der Waals surface area contributed by atoms with Crippen molar-refractivity contribution < 1.29 is 36.3 Å². The van der Waals surface area contributed by atoms with Gasteiger partial charge in [0.2, 0.25) is 0 Å². The number of carboxylic acids is 1. The number of nitrogens with zero attached hydrogens (tertiary/aromatic N) is 1. The fourth-order valence-corrected chi connectivity index (χ4v) is 4.42. The number of benzene rings is 2. The zero-order chi connectivity index (χ0) is 21.8. The number of carboxylic acid groups (broad SMARTS) is 1. The summed E-state index contributed by atoms with van der Waals surface area (Å²) in [5.74, 6) is -1.19. The second-order valence-electron chi connectivity index (χ2n) is 5.50. The Morgan fingerprint density at radius 2 is 1.69 bits per heavy atom. The molecule has 0 amide bonds. The van der Waals surface area contributed by atoms with Crippen LogP contribution in [0.5, 0.6) is 5.75 Å². The number of halogens is 1. The Kier molecular flexibility index (Phi) is 7.08. The van der Waals surface area contributed by atoms with E-state index < -0.39 is 32.6 Å². The molecule has 2 aromatic carbocycles. The number of nitrogens with one attached hydrogen (secondary N) is 1. The molecule has 2 aromatic rings. The summed E-state index contributed by atoms with van der Waals surface area (Å²) in [6.45, 7) is -0.627. The summed E-state index contributed by atoms with van der Waals surface area (Å²) in [5.41, 5.74) is 0.117. The lowest BCUT2D eigenvalue weighted by Gasteiger charge is -2.14. The number of ether oxygens (including phenoxy) is 1. The molecule has 13 heteroatoms. The van der Waals surface area contributed by atoms with Gasteiger partial charge >= 0.3 is 5.97 Å². The molecule has 0 aliphatic heterocycles. The van der Waals surface area contributed by atoms with Gasteiger partial charge in [-0.25, -0.2) is 21.6 Å². The van der Waals surface area contributed by atoms with Crippen LogP contribution in [0.25, 0.3) is 0 Å². The van der Waals surface area contributed by atoms with Crippen LogP contribution in [0.4, 0.5) is 5.69 Å². The molecule has 0 fully saturated rings. The normalized spacial score (nSPS) is 12.0. The SMILES string of the molecule is CON(C)S(=O)(=O)c1ccc(NS(=O)(=O)c2ccc(OCC(=O)O)c(Cl)c2)cc1. The second-order valence-corrected chi connectivity index (χ2v) is 9.53. The van der Waals surface area contributed by atoms with E-state index in [1.54, 1.807) is 0 Å². The van der Waals surface area contributed by atoms with E-state index in [0.717, 1.165) is 6.07 Å². The lowest BCUT2D eigenvalue weighted by molar-refractivity contribution is -0.139. The van der Waals surface area contributed by atoms with Gasteiger partial charge in [0.15, 0.2) is 6.61 Å². The Morgan fingerprint density at radius 1 is 1.10 bits per heavy atom. The topological polar surface area (TPSA) is 139 Å². The van der Waals surface area contributed by atoms with Crippen molar-refractivity contribution in [3.63, 3.8) is 0 Å². The first-order chi connectivity index (χ1) is 13.5. The van der Waals surface area contributed by atoms with E-state index in [1.165, 1.54) is 50.6 Å². The highest BCUT2D eigenvalue weighted by Gasteiger charge is 2.21. The summed E-state index contributed by atoms with van der Waals surface area (Å²) in [5, 5.41) is 8.52. The molecule has 2 N–H and O–H groups in total. The second kappa shape index (κ2) is 8.97. The van der Waals surface area contributed by atoms with Crippen molar-refractivity contribution in [3.05, 3.63) is 47.5 Å². The summed E-state index contributed by atoms with van der Waals surface area (Å²) in [7, 11) is -5.49. The molecule has 0 heterocycles.